The van der Waals surface area contributed by atoms with Gasteiger partial charge in [0.15, 0.2) is 5.75 Å². The number of carbonyl (C=O) groups excluding carboxylic acids is 2. The molecular weight excluding hydrogens is 427 g/mol. The average Bonchev–Trinajstić information content (AvgIpc) is 3.37. The quantitative estimate of drug-likeness (QED) is 0.486. The average molecular weight is 446 g/mol. The molecular formula is C24H19FN4O4. The Morgan fingerprint density at radius 1 is 1.27 bits per heavy atom. The Morgan fingerprint density at radius 2 is 2.06 bits per heavy atom. The van der Waals surface area contributed by atoms with E-state index in [4.69, 9.17) is 4.52 Å². The Bertz CT molecular complexity index is 1400. The van der Waals surface area contributed by atoms with Crippen molar-refractivity contribution in [2.75, 3.05) is 0 Å². The van der Waals surface area contributed by atoms with Crippen LogP contribution in [0.1, 0.15) is 43.3 Å². The molecule has 0 fully saturated rings. The highest BCUT2D eigenvalue weighted by Gasteiger charge is 2.36. The minimum Gasteiger partial charge on any atom is -0.505 e. The number of fused-ring (bicyclic) bond motifs is 2. The molecule has 0 spiro atoms. The van der Waals surface area contributed by atoms with Crippen LogP contribution >= 0.6 is 0 Å². The summed E-state index contributed by atoms with van der Waals surface area (Å²) in [6.45, 7) is 2.22. The van der Waals surface area contributed by atoms with Gasteiger partial charge in [-0.05, 0) is 30.7 Å². The monoisotopic (exact) mass is 446 g/mol. The maximum absolute atomic E-state index is 13.3. The van der Waals surface area contributed by atoms with Crippen LogP contribution in [-0.2, 0) is 19.6 Å². The standard InChI is InChI=1S/C24H19FN4O4/c1-13-9-16(28-33-13)10-27-23(31)19-17-3-2-8-26-21(17)22(30)20-18(19)12-29(24(20)32)11-14-4-6-15(25)7-5-14/h2-9,30H,10-12H2,1H3,(H,27,31). The SMILES string of the molecule is Cc1cc(CNC(=O)c2c3c(c(O)c4ncccc24)C(=O)N(Cc2ccc(F)cc2)C3)no1. The second-order valence-corrected chi connectivity index (χ2v) is 7.88. The fourth-order valence-corrected chi connectivity index (χ4v) is 4.11. The van der Waals surface area contributed by atoms with E-state index in [0.29, 0.717) is 22.4 Å². The Balaban J connectivity index is 1.53. The summed E-state index contributed by atoms with van der Waals surface area (Å²) in [5.74, 6) is -0.828. The summed E-state index contributed by atoms with van der Waals surface area (Å²) in [6.07, 6.45) is 1.49. The van der Waals surface area contributed by atoms with E-state index in [1.54, 1.807) is 37.3 Å². The van der Waals surface area contributed by atoms with Gasteiger partial charge in [0.25, 0.3) is 11.8 Å². The van der Waals surface area contributed by atoms with Crippen LogP contribution in [0.15, 0.2) is 53.2 Å². The maximum Gasteiger partial charge on any atom is 0.258 e. The van der Waals surface area contributed by atoms with Crippen LogP contribution in [0.5, 0.6) is 5.75 Å². The molecule has 2 amide bonds. The van der Waals surface area contributed by atoms with Crippen LogP contribution in [-0.4, -0.2) is 32.0 Å². The van der Waals surface area contributed by atoms with E-state index in [1.165, 1.54) is 23.2 Å². The number of halogens is 1. The van der Waals surface area contributed by atoms with Crippen molar-refractivity contribution in [2.45, 2.75) is 26.6 Å². The van der Waals surface area contributed by atoms with Gasteiger partial charge in [0, 0.05) is 36.3 Å². The van der Waals surface area contributed by atoms with Crippen molar-refractivity contribution in [3.63, 3.8) is 0 Å². The number of pyridine rings is 1. The number of aromatic nitrogens is 2. The summed E-state index contributed by atoms with van der Waals surface area (Å²) in [6, 6.07) is 10.9. The van der Waals surface area contributed by atoms with E-state index in [0.717, 1.165) is 5.56 Å². The summed E-state index contributed by atoms with van der Waals surface area (Å²) < 4.78 is 18.3. The third-order valence-electron chi connectivity index (χ3n) is 5.61. The molecule has 5 rings (SSSR count). The molecule has 4 aromatic rings. The predicted octanol–water partition coefficient (Wildman–Crippen LogP) is 3.46. The molecule has 1 aliphatic rings. The van der Waals surface area contributed by atoms with Crippen LogP contribution in [0, 0.1) is 12.7 Å². The van der Waals surface area contributed by atoms with Crippen molar-refractivity contribution in [2.24, 2.45) is 0 Å². The van der Waals surface area contributed by atoms with Gasteiger partial charge in [-0.1, -0.05) is 23.4 Å². The van der Waals surface area contributed by atoms with Crippen molar-refractivity contribution in [3.05, 3.63) is 88.2 Å². The number of carbonyl (C=O) groups is 2. The molecule has 1 aliphatic heterocycles. The fourth-order valence-electron chi connectivity index (χ4n) is 4.11. The molecule has 166 valence electrons. The van der Waals surface area contributed by atoms with E-state index < -0.39 is 11.8 Å². The fraction of sp³-hybridized carbons (Fsp3) is 0.167. The summed E-state index contributed by atoms with van der Waals surface area (Å²) in [7, 11) is 0. The molecule has 9 heteroatoms. The van der Waals surface area contributed by atoms with Gasteiger partial charge in [-0.3, -0.25) is 14.6 Å². The van der Waals surface area contributed by atoms with E-state index in [9.17, 15) is 19.1 Å². The minimum absolute atomic E-state index is 0.0609. The van der Waals surface area contributed by atoms with Gasteiger partial charge < -0.3 is 19.8 Å². The summed E-state index contributed by atoms with van der Waals surface area (Å²) >= 11 is 0. The topological polar surface area (TPSA) is 109 Å². The third kappa shape index (κ3) is 3.67. The summed E-state index contributed by atoms with van der Waals surface area (Å²) in [4.78, 5) is 32.2. The Labute approximate surface area is 187 Å². The van der Waals surface area contributed by atoms with E-state index in [-0.39, 0.29) is 47.8 Å². The minimum atomic E-state index is -0.416. The molecule has 0 saturated carbocycles. The van der Waals surface area contributed by atoms with Gasteiger partial charge in [0.2, 0.25) is 0 Å². The first-order chi connectivity index (χ1) is 15.9. The normalized spacial score (nSPS) is 12.9. The molecule has 2 aromatic heterocycles. The van der Waals surface area contributed by atoms with Gasteiger partial charge in [0.05, 0.1) is 17.7 Å². The molecule has 0 bridgehead atoms. The van der Waals surface area contributed by atoms with Crippen LogP contribution in [0.25, 0.3) is 10.9 Å². The van der Waals surface area contributed by atoms with Crippen LogP contribution < -0.4 is 5.32 Å². The summed E-state index contributed by atoms with van der Waals surface area (Å²) in [5.41, 5.74) is 2.23. The molecule has 3 heterocycles. The Kier molecular flexibility index (Phi) is 5.01. The second-order valence-electron chi connectivity index (χ2n) is 7.88. The number of amides is 2. The van der Waals surface area contributed by atoms with Gasteiger partial charge >= 0.3 is 0 Å². The number of phenols is 1. The van der Waals surface area contributed by atoms with E-state index in [2.05, 4.69) is 15.5 Å². The lowest BCUT2D eigenvalue weighted by Crippen LogP contribution is -2.25. The van der Waals surface area contributed by atoms with Crippen LogP contribution in [0.2, 0.25) is 0 Å². The van der Waals surface area contributed by atoms with Gasteiger partial charge in [0.1, 0.15) is 22.8 Å². The van der Waals surface area contributed by atoms with Gasteiger partial charge in [-0.15, -0.1) is 0 Å². The first-order valence-corrected chi connectivity index (χ1v) is 10.3. The zero-order chi connectivity index (χ0) is 23.1. The molecule has 0 radical (unpaired) electrons. The molecule has 0 saturated heterocycles. The van der Waals surface area contributed by atoms with Crippen molar-refractivity contribution >= 4 is 22.7 Å². The van der Waals surface area contributed by atoms with Crippen LogP contribution in [0.3, 0.4) is 0 Å². The zero-order valence-electron chi connectivity index (χ0n) is 17.6. The number of aromatic hydroxyl groups is 1. The van der Waals surface area contributed by atoms with Crippen LogP contribution in [0.4, 0.5) is 4.39 Å². The number of benzene rings is 2. The predicted molar refractivity (Wildman–Crippen MR) is 116 cm³/mol. The lowest BCUT2D eigenvalue weighted by molar-refractivity contribution is 0.0763. The highest BCUT2D eigenvalue weighted by molar-refractivity contribution is 6.15. The third-order valence-corrected chi connectivity index (χ3v) is 5.61. The Morgan fingerprint density at radius 3 is 2.79 bits per heavy atom. The van der Waals surface area contributed by atoms with Crippen molar-refractivity contribution in [3.8, 4) is 5.75 Å². The second kappa shape index (κ2) is 8.01. The Hall–Kier alpha value is -4.27. The van der Waals surface area contributed by atoms with Gasteiger partial charge in [-0.25, -0.2) is 4.39 Å². The number of nitrogens with zero attached hydrogens (tertiary/aromatic N) is 3. The molecule has 8 nitrogen and oxygen atoms in total. The van der Waals surface area contributed by atoms with Gasteiger partial charge in [-0.2, -0.15) is 0 Å². The first-order valence-electron chi connectivity index (χ1n) is 10.3. The molecule has 33 heavy (non-hydrogen) atoms. The largest absolute Gasteiger partial charge is 0.505 e. The molecule has 0 atom stereocenters. The number of aryl methyl sites for hydroxylation is 1. The van der Waals surface area contributed by atoms with E-state index in [1.807, 2.05) is 0 Å². The smallest absolute Gasteiger partial charge is 0.258 e. The number of phenolic OH excluding ortho intramolecular Hbond substituents is 1. The number of rotatable bonds is 5. The van der Waals surface area contributed by atoms with Crippen molar-refractivity contribution < 1.29 is 23.6 Å². The number of nitrogens with one attached hydrogen (secondary N) is 1. The lowest BCUT2D eigenvalue weighted by Gasteiger charge is -2.16. The molecule has 0 unspecified atom stereocenters. The highest BCUT2D eigenvalue weighted by atomic mass is 19.1. The highest BCUT2D eigenvalue weighted by Crippen LogP contribution is 2.40. The molecule has 2 N–H and O–H groups in total. The van der Waals surface area contributed by atoms with Crippen molar-refractivity contribution in [1.29, 1.82) is 0 Å². The lowest BCUT2D eigenvalue weighted by atomic mass is 9.96. The number of hydrogen-bond donors (Lipinski definition) is 2. The van der Waals surface area contributed by atoms with E-state index >= 15 is 0 Å². The summed E-state index contributed by atoms with van der Waals surface area (Å²) in [5, 5.41) is 18.0. The number of hydrogen-bond acceptors (Lipinski definition) is 6. The maximum atomic E-state index is 13.3. The zero-order valence-corrected chi connectivity index (χ0v) is 17.6. The van der Waals surface area contributed by atoms with Crippen molar-refractivity contribution in [1.82, 2.24) is 20.4 Å². The first kappa shape index (κ1) is 20.6. The molecule has 0 aliphatic carbocycles. The molecule has 2 aromatic carbocycles.